The van der Waals surface area contributed by atoms with Crippen LogP contribution in [0.15, 0.2) is 24.4 Å². The highest BCUT2D eigenvalue weighted by Crippen LogP contribution is 2.13. The molecule has 0 aliphatic heterocycles. The molecule has 0 radical (unpaired) electrons. The van der Waals surface area contributed by atoms with E-state index in [-0.39, 0.29) is 6.03 Å². The molecule has 0 unspecified atom stereocenters. The summed E-state index contributed by atoms with van der Waals surface area (Å²) in [7, 11) is 3.39. The van der Waals surface area contributed by atoms with Gasteiger partial charge in [0, 0.05) is 33.4 Å². The largest absolute Gasteiger partial charge is 0.336 e. The van der Waals surface area contributed by atoms with E-state index in [4.69, 9.17) is 12.2 Å². The second-order valence-corrected chi connectivity index (χ2v) is 4.73. The maximum Gasteiger partial charge on any atom is 0.316 e. The van der Waals surface area contributed by atoms with E-state index in [1.165, 1.54) is 4.90 Å². The molecule has 0 saturated heterocycles. The number of carbonyl (C=O) groups is 1. The van der Waals surface area contributed by atoms with Crippen LogP contribution in [0.3, 0.4) is 0 Å². The van der Waals surface area contributed by atoms with Crippen LogP contribution in [0.1, 0.15) is 0 Å². The molecule has 0 aliphatic rings. The van der Waals surface area contributed by atoms with Gasteiger partial charge in [0.2, 0.25) is 0 Å². The molecule has 0 fully saturated rings. The number of urea groups is 1. The highest BCUT2D eigenvalue weighted by atomic mass is 32.1. The van der Waals surface area contributed by atoms with Crippen molar-refractivity contribution in [2.45, 2.75) is 6.54 Å². The van der Waals surface area contributed by atoms with Crippen molar-refractivity contribution in [1.82, 2.24) is 30.0 Å². The second-order valence-electron chi connectivity index (χ2n) is 4.35. The van der Waals surface area contributed by atoms with Gasteiger partial charge in [-0.2, -0.15) is 5.10 Å². The van der Waals surface area contributed by atoms with Crippen molar-refractivity contribution in [3.63, 3.8) is 0 Å². The lowest BCUT2D eigenvalue weighted by molar-refractivity contribution is 0.217. The molecular weight excluding hydrogens is 276 g/mol. The summed E-state index contributed by atoms with van der Waals surface area (Å²) in [6, 6.07) is 5.45. The van der Waals surface area contributed by atoms with Crippen LogP contribution in [0.25, 0.3) is 11.5 Å². The van der Waals surface area contributed by atoms with Crippen molar-refractivity contribution in [1.29, 1.82) is 0 Å². The topological polar surface area (TPSA) is 78.8 Å². The van der Waals surface area contributed by atoms with Crippen LogP contribution in [-0.4, -0.2) is 51.3 Å². The minimum atomic E-state index is -0.139. The third-order valence-corrected chi connectivity index (χ3v) is 2.98. The molecule has 8 heteroatoms. The summed E-state index contributed by atoms with van der Waals surface area (Å²) in [5.74, 6) is 0.662. The van der Waals surface area contributed by atoms with Crippen molar-refractivity contribution in [3.05, 3.63) is 29.2 Å². The number of aromatic nitrogens is 4. The van der Waals surface area contributed by atoms with Gasteiger partial charge in [-0.25, -0.2) is 4.79 Å². The molecular formula is C12H16N6OS. The number of H-pyrrole nitrogens is 1. The summed E-state index contributed by atoms with van der Waals surface area (Å²) in [6.07, 6.45) is 1.70. The molecule has 2 heterocycles. The van der Waals surface area contributed by atoms with E-state index in [1.807, 2.05) is 22.8 Å². The molecule has 106 valence electrons. The van der Waals surface area contributed by atoms with Crippen LogP contribution in [-0.2, 0) is 6.54 Å². The van der Waals surface area contributed by atoms with Gasteiger partial charge in [-0.05, 0) is 24.4 Å². The van der Waals surface area contributed by atoms with Gasteiger partial charge in [0.1, 0.15) is 5.69 Å². The number of carbonyl (C=O) groups excluding carboxylic acids is 1. The Morgan fingerprint density at radius 2 is 2.30 bits per heavy atom. The van der Waals surface area contributed by atoms with Crippen molar-refractivity contribution in [3.8, 4) is 11.5 Å². The molecule has 0 atom stereocenters. The summed E-state index contributed by atoms with van der Waals surface area (Å²) in [4.78, 5) is 17.2. The Balaban J connectivity index is 2.11. The first-order valence-electron chi connectivity index (χ1n) is 6.11. The van der Waals surface area contributed by atoms with Crippen LogP contribution in [0.5, 0.6) is 0 Å². The predicted octanol–water partition coefficient (Wildman–Crippen LogP) is 1.27. The minimum absolute atomic E-state index is 0.139. The van der Waals surface area contributed by atoms with Crippen LogP contribution in [0.4, 0.5) is 4.79 Å². The molecule has 2 aromatic heterocycles. The lowest BCUT2D eigenvalue weighted by Crippen LogP contribution is -2.36. The number of nitrogens with one attached hydrogen (secondary N) is 2. The van der Waals surface area contributed by atoms with Gasteiger partial charge in [0.25, 0.3) is 0 Å². The van der Waals surface area contributed by atoms with Crippen LogP contribution in [0.2, 0.25) is 0 Å². The Morgan fingerprint density at radius 1 is 1.50 bits per heavy atom. The first-order valence-corrected chi connectivity index (χ1v) is 6.52. The molecule has 0 bridgehead atoms. The first-order chi connectivity index (χ1) is 9.59. The summed E-state index contributed by atoms with van der Waals surface area (Å²) in [5.41, 5.74) is 0.735. The lowest BCUT2D eigenvalue weighted by atomic mass is 10.3. The first kappa shape index (κ1) is 14.2. The number of rotatable bonds is 4. The van der Waals surface area contributed by atoms with E-state index >= 15 is 0 Å². The number of hydrogen-bond acceptors (Lipinski definition) is 4. The van der Waals surface area contributed by atoms with Gasteiger partial charge in [0.05, 0.1) is 0 Å². The van der Waals surface area contributed by atoms with Gasteiger partial charge in [0.15, 0.2) is 10.6 Å². The van der Waals surface area contributed by atoms with Crippen molar-refractivity contribution in [2.24, 2.45) is 0 Å². The maximum absolute atomic E-state index is 11.5. The number of aromatic amines is 1. The highest BCUT2D eigenvalue weighted by Gasteiger charge is 2.10. The molecule has 2 amide bonds. The summed E-state index contributed by atoms with van der Waals surface area (Å²) in [5, 5.41) is 9.71. The molecule has 2 N–H and O–H groups in total. The van der Waals surface area contributed by atoms with Crippen LogP contribution < -0.4 is 5.32 Å². The average Bonchev–Trinajstić information content (AvgIpc) is 2.81. The van der Waals surface area contributed by atoms with E-state index < -0.39 is 0 Å². The maximum atomic E-state index is 11.5. The van der Waals surface area contributed by atoms with Gasteiger partial charge >= 0.3 is 6.03 Å². The fraction of sp³-hybridized carbons (Fsp3) is 0.333. The molecule has 0 spiro atoms. The van der Waals surface area contributed by atoms with E-state index in [2.05, 4.69) is 20.5 Å². The SMILES string of the molecule is CN(C)C(=O)NCCn1c(-c2ccccn2)n[nH]c1=S. The number of hydrogen-bond donors (Lipinski definition) is 2. The smallest absolute Gasteiger partial charge is 0.316 e. The van der Waals surface area contributed by atoms with Crippen LogP contribution >= 0.6 is 12.2 Å². The van der Waals surface area contributed by atoms with Gasteiger partial charge in [-0.1, -0.05) is 6.07 Å². The Kier molecular flexibility index (Phi) is 4.46. The van der Waals surface area contributed by atoms with Crippen molar-refractivity contribution < 1.29 is 4.79 Å². The molecule has 0 aliphatic carbocycles. The van der Waals surface area contributed by atoms with Gasteiger partial charge in [-0.15, -0.1) is 0 Å². The molecule has 7 nitrogen and oxygen atoms in total. The van der Waals surface area contributed by atoms with E-state index in [0.29, 0.717) is 23.7 Å². The zero-order valence-corrected chi connectivity index (χ0v) is 12.1. The fourth-order valence-corrected chi connectivity index (χ4v) is 1.87. The second kappa shape index (κ2) is 6.29. The fourth-order valence-electron chi connectivity index (χ4n) is 1.65. The lowest BCUT2D eigenvalue weighted by Gasteiger charge is -2.12. The number of amides is 2. The number of pyridine rings is 1. The predicted molar refractivity (Wildman–Crippen MR) is 77.7 cm³/mol. The van der Waals surface area contributed by atoms with E-state index in [0.717, 1.165) is 5.69 Å². The van der Waals surface area contributed by atoms with Gasteiger partial charge < -0.3 is 10.2 Å². The summed E-state index contributed by atoms with van der Waals surface area (Å²) >= 11 is 5.20. The van der Waals surface area contributed by atoms with Crippen LogP contribution in [0, 0.1) is 4.77 Å². The molecule has 20 heavy (non-hydrogen) atoms. The summed E-state index contributed by atoms with van der Waals surface area (Å²) in [6.45, 7) is 0.992. The average molecular weight is 292 g/mol. The van der Waals surface area contributed by atoms with Crippen molar-refractivity contribution >= 4 is 18.2 Å². The standard InChI is InChI=1S/C12H16N6OS/c1-17(2)11(19)14-7-8-18-10(15-16-12(18)20)9-5-3-4-6-13-9/h3-6H,7-8H2,1-2H3,(H,14,19)(H,16,20). The Hall–Kier alpha value is -2.22. The quantitative estimate of drug-likeness (QED) is 0.832. The number of nitrogens with zero attached hydrogens (tertiary/aromatic N) is 4. The normalized spacial score (nSPS) is 10.3. The molecule has 2 rings (SSSR count). The third kappa shape index (κ3) is 3.21. The Morgan fingerprint density at radius 3 is 2.95 bits per heavy atom. The highest BCUT2D eigenvalue weighted by molar-refractivity contribution is 7.71. The van der Waals surface area contributed by atoms with Crippen molar-refractivity contribution in [2.75, 3.05) is 20.6 Å². The van der Waals surface area contributed by atoms with Gasteiger partial charge in [-0.3, -0.25) is 14.6 Å². The monoisotopic (exact) mass is 292 g/mol. The van der Waals surface area contributed by atoms with E-state index in [9.17, 15) is 4.79 Å². The third-order valence-electron chi connectivity index (χ3n) is 2.67. The van der Waals surface area contributed by atoms with E-state index in [1.54, 1.807) is 20.3 Å². The molecule has 0 saturated carbocycles. The molecule has 2 aromatic rings. The minimum Gasteiger partial charge on any atom is -0.336 e. The zero-order chi connectivity index (χ0) is 14.5. The molecule has 0 aromatic carbocycles. The summed E-state index contributed by atoms with van der Waals surface area (Å²) < 4.78 is 2.32. The zero-order valence-electron chi connectivity index (χ0n) is 11.3. The Bertz CT molecular complexity index is 633. The Labute approximate surface area is 121 Å².